The summed E-state index contributed by atoms with van der Waals surface area (Å²) in [7, 11) is 0. The van der Waals surface area contributed by atoms with Gasteiger partial charge in [0.1, 0.15) is 11.2 Å². The van der Waals surface area contributed by atoms with Crippen LogP contribution in [0.2, 0.25) is 0 Å². The van der Waals surface area contributed by atoms with Crippen LogP contribution in [0.1, 0.15) is 48.8 Å². The zero-order valence-electron chi connectivity index (χ0n) is 26.8. The van der Waals surface area contributed by atoms with Crippen LogP contribution in [0.15, 0.2) is 126 Å². The Morgan fingerprint density at radius 1 is 0.531 bits per heavy atom. The standard InChI is InChI=1S/C44H30N4O/c45-26-27-12-17-33-34-18-15-31(24-38(34)44(37(33)22-27)20-6-1-7-21-44)42-46-41(30-14-13-28-8-2-3-9-29(28)23-30)47-43(48-42)32-16-19-36-35-10-4-5-11-39(35)49-40(36)25-32/h2-5,8-19,22-25H,1,6-7,20-21H2. The molecule has 0 N–H and O–H groups in total. The minimum absolute atomic E-state index is 0.102. The molecule has 232 valence electrons. The van der Waals surface area contributed by atoms with Gasteiger partial charge in [0.05, 0.1) is 11.6 Å². The van der Waals surface area contributed by atoms with Crippen molar-refractivity contribution in [1.29, 1.82) is 5.26 Å². The minimum Gasteiger partial charge on any atom is -0.456 e. The van der Waals surface area contributed by atoms with E-state index in [4.69, 9.17) is 19.4 Å². The van der Waals surface area contributed by atoms with Crippen LogP contribution in [0.25, 0.3) is 78.0 Å². The van der Waals surface area contributed by atoms with Crippen molar-refractivity contribution in [3.05, 3.63) is 138 Å². The van der Waals surface area contributed by atoms with E-state index in [0.717, 1.165) is 62.4 Å². The van der Waals surface area contributed by atoms with Crippen molar-refractivity contribution in [2.75, 3.05) is 0 Å². The Morgan fingerprint density at radius 2 is 1.14 bits per heavy atom. The second kappa shape index (κ2) is 10.7. The largest absolute Gasteiger partial charge is 0.456 e. The molecule has 5 heteroatoms. The van der Waals surface area contributed by atoms with Crippen molar-refractivity contribution >= 4 is 32.7 Å². The monoisotopic (exact) mass is 630 g/mol. The predicted octanol–water partition coefficient (Wildman–Crippen LogP) is 11.0. The minimum atomic E-state index is -0.102. The molecule has 2 aliphatic carbocycles. The van der Waals surface area contributed by atoms with Gasteiger partial charge in [-0.2, -0.15) is 5.26 Å². The van der Waals surface area contributed by atoms with Gasteiger partial charge in [-0.15, -0.1) is 0 Å². The fourth-order valence-electron chi connectivity index (χ4n) is 8.35. The van der Waals surface area contributed by atoms with E-state index >= 15 is 0 Å². The molecule has 8 aromatic rings. The molecule has 1 fully saturated rings. The number of furan rings is 1. The highest BCUT2D eigenvalue weighted by Gasteiger charge is 2.44. The Bertz CT molecular complexity index is 2670. The number of nitrogens with zero attached hydrogens (tertiary/aromatic N) is 4. The van der Waals surface area contributed by atoms with Gasteiger partial charge in [0, 0.05) is 32.9 Å². The van der Waals surface area contributed by atoms with Crippen LogP contribution >= 0.6 is 0 Å². The summed E-state index contributed by atoms with van der Waals surface area (Å²) < 4.78 is 6.26. The molecule has 0 saturated heterocycles. The normalized spacial score (nSPS) is 14.7. The topological polar surface area (TPSA) is 75.6 Å². The summed E-state index contributed by atoms with van der Waals surface area (Å²) in [6, 6.07) is 44.4. The third-order valence-electron chi connectivity index (χ3n) is 10.7. The van der Waals surface area contributed by atoms with Crippen LogP contribution in [-0.2, 0) is 5.41 Å². The first-order valence-electron chi connectivity index (χ1n) is 17.0. The van der Waals surface area contributed by atoms with E-state index in [-0.39, 0.29) is 5.41 Å². The average molecular weight is 631 g/mol. The molecule has 2 aromatic heterocycles. The highest BCUT2D eigenvalue weighted by Crippen LogP contribution is 2.56. The summed E-state index contributed by atoms with van der Waals surface area (Å²) in [6.07, 6.45) is 5.74. The number of benzene rings is 6. The van der Waals surface area contributed by atoms with Gasteiger partial charge >= 0.3 is 0 Å². The fraction of sp³-hybridized carbons (Fsp3) is 0.136. The lowest BCUT2D eigenvalue weighted by molar-refractivity contribution is 0.353. The number of para-hydroxylation sites is 1. The maximum absolute atomic E-state index is 9.78. The smallest absolute Gasteiger partial charge is 0.164 e. The summed E-state index contributed by atoms with van der Waals surface area (Å²) in [5.41, 5.74) is 10.2. The third-order valence-corrected chi connectivity index (χ3v) is 10.7. The first kappa shape index (κ1) is 27.9. The number of hydrogen-bond donors (Lipinski definition) is 0. The summed E-state index contributed by atoms with van der Waals surface area (Å²) >= 11 is 0. The van der Waals surface area contributed by atoms with Gasteiger partial charge in [-0.1, -0.05) is 98.1 Å². The van der Waals surface area contributed by atoms with E-state index in [1.807, 2.05) is 30.3 Å². The van der Waals surface area contributed by atoms with E-state index in [9.17, 15) is 5.26 Å². The summed E-state index contributed by atoms with van der Waals surface area (Å²) in [4.78, 5) is 15.4. The molecule has 10 rings (SSSR count). The SMILES string of the molecule is N#Cc1ccc2c(c1)C1(CCCCC1)c1cc(-c3nc(-c4ccc5ccccc5c4)nc(-c4ccc5c(c4)oc4ccccc45)n3)ccc1-2. The lowest BCUT2D eigenvalue weighted by Crippen LogP contribution is -2.28. The Kier molecular flexibility index (Phi) is 6.10. The maximum atomic E-state index is 9.78. The van der Waals surface area contributed by atoms with Crippen molar-refractivity contribution in [2.45, 2.75) is 37.5 Å². The van der Waals surface area contributed by atoms with Gasteiger partial charge in [-0.05, 0) is 88.3 Å². The first-order valence-corrected chi connectivity index (χ1v) is 17.0. The fourth-order valence-corrected chi connectivity index (χ4v) is 8.35. The molecule has 0 radical (unpaired) electrons. The van der Waals surface area contributed by atoms with Crippen molar-refractivity contribution in [1.82, 2.24) is 15.0 Å². The molecule has 0 unspecified atom stereocenters. The second-order valence-corrected chi connectivity index (χ2v) is 13.5. The van der Waals surface area contributed by atoms with E-state index in [1.165, 1.54) is 46.9 Å². The lowest BCUT2D eigenvalue weighted by Gasteiger charge is -2.36. The number of nitriles is 1. The van der Waals surface area contributed by atoms with Crippen LogP contribution in [0.3, 0.4) is 0 Å². The van der Waals surface area contributed by atoms with E-state index < -0.39 is 0 Å². The Labute approximate surface area is 283 Å². The lowest BCUT2D eigenvalue weighted by atomic mass is 9.67. The van der Waals surface area contributed by atoms with Crippen molar-refractivity contribution in [2.24, 2.45) is 0 Å². The van der Waals surface area contributed by atoms with E-state index in [2.05, 4.69) is 97.1 Å². The second-order valence-electron chi connectivity index (χ2n) is 13.5. The van der Waals surface area contributed by atoms with Gasteiger partial charge in [0.2, 0.25) is 0 Å². The number of rotatable bonds is 3. The number of aromatic nitrogens is 3. The Hall–Kier alpha value is -6.12. The average Bonchev–Trinajstić information content (AvgIpc) is 3.66. The molecule has 0 bridgehead atoms. The van der Waals surface area contributed by atoms with Gasteiger partial charge in [-0.25, -0.2) is 15.0 Å². The highest BCUT2D eigenvalue weighted by molar-refractivity contribution is 6.05. The molecule has 49 heavy (non-hydrogen) atoms. The van der Waals surface area contributed by atoms with Gasteiger partial charge in [0.25, 0.3) is 0 Å². The van der Waals surface area contributed by atoms with Crippen molar-refractivity contribution in [3.8, 4) is 51.4 Å². The zero-order chi connectivity index (χ0) is 32.5. The summed E-state index contributed by atoms with van der Waals surface area (Å²) in [5, 5.41) is 14.3. The van der Waals surface area contributed by atoms with E-state index in [0.29, 0.717) is 17.5 Å². The van der Waals surface area contributed by atoms with Crippen molar-refractivity contribution in [3.63, 3.8) is 0 Å². The quantitative estimate of drug-likeness (QED) is 0.194. The molecule has 0 aliphatic heterocycles. The van der Waals surface area contributed by atoms with Crippen LogP contribution in [0.4, 0.5) is 0 Å². The van der Waals surface area contributed by atoms with Gasteiger partial charge < -0.3 is 4.42 Å². The Morgan fingerprint density at radius 3 is 1.94 bits per heavy atom. The van der Waals surface area contributed by atoms with Gasteiger partial charge in [-0.3, -0.25) is 0 Å². The van der Waals surface area contributed by atoms with Crippen LogP contribution in [-0.4, -0.2) is 15.0 Å². The van der Waals surface area contributed by atoms with Crippen molar-refractivity contribution < 1.29 is 4.42 Å². The molecule has 5 nitrogen and oxygen atoms in total. The summed E-state index contributed by atoms with van der Waals surface area (Å²) in [6.45, 7) is 0. The molecule has 2 aliphatic rings. The third kappa shape index (κ3) is 4.34. The van der Waals surface area contributed by atoms with Crippen LogP contribution < -0.4 is 0 Å². The first-order chi connectivity index (χ1) is 24.2. The van der Waals surface area contributed by atoms with Crippen LogP contribution in [0, 0.1) is 11.3 Å². The van der Waals surface area contributed by atoms with E-state index in [1.54, 1.807) is 0 Å². The van der Waals surface area contributed by atoms with Crippen LogP contribution in [0.5, 0.6) is 0 Å². The molecule has 2 heterocycles. The van der Waals surface area contributed by atoms with Gasteiger partial charge in [0.15, 0.2) is 17.5 Å². The molecular formula is C44H30N4O. The zero-order valence-corrected chi connectivity index (χ0v) is 26.8. The molecular weight excluding hydrogens is 601 g/mol. The molecule has 1 spiro atoms. The summed E-state index contributed by atoms with van der Waals surface area (Å²) in [5.74, 6) is 1.87. The molecule has 1 saturated carbocycles. The molecule has 0 amide bonds. The number of hydrogen-bond acceptors (Lipinski definition) is 5. The Balaban J connectivity index is 1.17. The highest BCUT2D eigenvalue weighted by atomic mass is 16.3. The predicted molar refractivity (Wildman–Crippen MR) is 195 cm³/mol. The molecule has 0 atom stereocenters. The molecule has 6 aromatic carbocycles. The number of fused-ring (bicyclic) bond motifs is 9. The maximum Gasteiger partial charge on any atom is 0.164 e.